The van der Waals surface area contributed by atoms with E-state index in [0.29, 0.717) is 12.3 Å². The molecule has 1 aromatic carbocycles. The van der Waals surface area contributed by atoms with Crippen molar-refractivity contribution < 1.29 is 14.6 Å². The van der Waals surface area contributed by atoms with Gasteiger partial charge < -0.3 is 9.84 Å². The number of ether oxygens (including phenoxy) is 1. The van der Waals surface area contributed by atoms with E-state index in [4.69, 9.17) is 9.84 Å². The van der Waals surface area contributed by atoms with E-state index in [1.54, 1.807) is 14.0 Å². The fourth-order valence-electron chi connectivity index (χ4n) is 1.82. The predicted molar refractivity (Wildman–Crippen MR) is 75.3 cm³/mol. The van der Waals surface area contributed by atoms with Crippen LogP contribution in [0.1, 0.15) is 37.8 Å². The molecule has 0 bridgehead atoms. The van der Waals surface area contributed by atoms with Gasteiger partial charge in [-0.05, 0) is 35.6 Å². The Balaban J connectivity index is 3.12. The molecule has 0 aromatic heterocycles. The summed E-state index contributed by atoms with van der Waals surface area (Å²) in [7, 11) is 1.61. The summed E-state index contributed by atoms with van der Waals surface area (Å²) in [5.41, 5.74) is 2.09. The normalized spacial score (nSPS) is 12.6. The molecule has 0 radical (unpaired) electrons. The van der Waals surface area contributed by atoms with Crippen LogP contribution in [0.5, 0.6) is 5.75 Å². The summed E-state index contributed by atoms with van der Waals surface area (Å²) in [6.07, 6.45) is 0.468. The molecule has 0 saturated carbocycles. The Bertz CT molecular complexity index is 441. The first kappa shape index (κ1) is 15.0. The predicted octanol–water partition coefficient (Wildman–Crippen LogP) is 3.84. The molecular weight excluding hydrogens is 296 g/mol. The number of benzene rings is 1. The lowest BCUT2D eigenvalue weighted by atomic mass is 9.96. The molecule has 0 saturated heterocycles. The number of rotatable bonds is 5. The third-order valence-electron chi connectivity index (χ3n) is 2.97. The number of hydrogen-bond donors (Lipinski definition) is 1. The van der Waals surface area contributed by atoms with Gasteiger partial charge in [0.05, 0.1) is 13.0 Å². The standard InChI is InChI=1S/C14H19BrO3/c1-8(2)11-7-13(18-4)10(6-12(11)15)5-9(3)14(16)17/h6-9H,5H2,1-4H3,(H,16,17). The van der Waals surface area contributed by atoms with Crippen LogP contribution < -0.4 is 4.74 Å². The van der Waals surface area contributed by atoms with E-state index in [1.165, 1.54) is 5.56 Å². The first-order valence-corrected chi connectivity index (χ1v) is 6.75. The van der Waals surface area contributed by atoms with Crippen LogP contribution in [0.2, 0.25) is 0 Å². The van der Waals surface area contributed by atoms with Crippen molar-refractivity contribution in [2.45, 2.75) is 33.1 Å². The average Bonchev–Trinajstić information content (AvgIpc) is 2.28. The summed E-state index contributed by atoms with van der Waals surface area (Å²) < 4.78 is 6.36. The molecule has 0 aliphatic heterocycles. The van der Waals surface area contributed by atoms with Crippen LogP contribution in [0.25, 0.3) is 0 Å². The molecule has 1 N–H and O–H groups in total. The van der Waals surface area contributed by atoms with Crippen molar-refractivity contribution in [2.75, 3.05) is 7.11 Å². The minimum absolute atomic E-state index is 0.388. The molecule has 1 unspecified atom stereocenters. The van der Waals surface area contributed by atoms with Crippen molar-refractivity contribution in [3.63, 3.8) is 0 Å². The Morgan fingerprint density at radius 2 is 2.00 bits per heavy atom. The average molecular weight is 315 g/mol. The molecule has 3 nitrogen and oxygen atoms in total. The van der Waals surface area contributed by atoms with Gasteiger partial charge in [-0.3, -0.25) is 4.79 Å². The van der Waals surface area contributed by atoms with Crippen LogP contribution in [-0.2, 0) is 11.2 Å². The molecule has 100 valence electrons. The smallest absolute Gasteiger partial charge is 0.306 e. The second-order valence-electron chi connectivity index (χ2n) is 4.78. The number of carboxylic acids is 1. The lowest BCUT2D eigenvalue weighted by molar-refractivity contribution is -0.141. The number of carboxylic acid groups (broad SMARTS) is 1. The Hall–Kier alpha value is -1.03. The highest BCUT2D eigenvalue weighted by Crippen LogP contribution is 2.33. The van der Waals surface area contributed by atoms with Gasteiger partial charge in [-0.15, -0.1) is 0 Å². The fourth-order valence-corrected chi connectivity index (χ4v) is 2.67. The van der Waals surface area contributed by atoms with E-state index in [2.05, 4.69) is 29.8 Å². The lowest BCUT2D eigenvalue weighted by Crippen LogP contribution is -2.13. The fraction of sp³-hybridized carbons (Fsp3) is 0.500. The summed E-state index contributed by atoms with van der Waals surface area (Å²) in [6.45, 7) is 5.92. The van der Waals surface area contributed by atoms with Crippen molar-refractivity contribution in [3.8, 4) is 5.75 Å². The van der Waals surface area contributed by atoms with E-state index >= 15 is 0 Å². The van der Waals surface area contributed by atoms with Gasteiger partial charge in [0.25, 0.3) is 0 Å². The zero-order valence-corrected chi connectivity index (χ0v) is 12.7. The Labute approximate surface area is 116 Å². The van der Waals surface area contributed by atoms with Crippen LogP contribution in [0.3, 0.4) is 0 Å². The summed E-state index contributed by atoms with van der Waals surface area (Å²) >= 11 is 3.54. The molecule has 0 amide bonds. The molecule has 4 heteroatoms. The monoisotopic (exact) mass is 314 g/mol. The molecule has 18 heavy (non-hydrogen) atoms. The largest absolute Gasteiger partial charge is 0.496 e. The summed E-state index contributed by atoms with van der Waals surface area (Å²) in [5, 5.41) is 8.97. The van der Waals surface area contributed by atoms with Gasteiger partial charge in [-0.1, -0.05) is 36.7 Å². The summed E-state index contributed by atoms with van der Waals surface area (Å²) in [6, 6.07) is 3.95. The van der Waals surface area contributed by atoms with Crippen molar-refractivity contribution in [2.24, 2.45) is 5.92 Å². The number of carbonyl (C=O) groups is 1. The highest BCUT2D eigenvalue weighted by molar-refractivity contribution is 9.10. The molecule has 1 aromatic rings. The minimum atomic E-state index is -0.791. The maximum absolute atomic E-state index is 10.9. The van der Waals surface area contributed by atoms with E-state index in [1.807, 2.05) is 12.1 Å². The van der Waals surface area contributed by atoms with Gasteiger partial charge in [0.15, 0.2) is 0 Å². The van der Waals surface area contributed by atoms with Gasteiger partial charge >= 0.3 is 5.97 Å². The Morgan fingerprint density at radius 3 is 2.44 bits per heavy atom. The summed E-state index contributed by atoms with van der Waals surface area (Å²) in [5.74, 6) is -0.0639. The van der Waals surface area contributed by atoms with Gasteiger partial charge in [0, 0.05) is 4.47 Å². The van der Waals surface area contributed by atoms with Crippen LogP contribution in [0.15, 0.2) is 16.6 Å². The van der Waals surface area contributed by atoms with E-state index in [-0.39, 0.29) is 0 Å². The third-order valence-corrected chi connectivity index (χ3v) is 3.66. The molecule has 0 heterocycles. The SMILES string of the molecule is COc1cc(C(C)C)c(Br)cc1CC(C)C(=O)O. The van der Waals surface area contributed by atoms with Crippen molar-refractivity contribution >= 4 is 21.9 Å². The third kappa shape index (κ3) is 3.48. The van der Waals surface area contributed by atoms with Crippen molar-refractivity contribution in [3.05, 3.63) is 27.7 Å². The molecule has 0 fully saturated rings. The van der Waals surface area contributed by atoms with E-state index in [9.17, 15) is 4.79 Å². The number of methoxy groups -OCH3 is 1. The number of aliphatic carboxylic acids is 1. The number of hydrogen-bond acceptors (Lipinski definition) is 2. The zero-order valence-electron chi connectivity index (χ0n) is 11.2. The van der Waals surface area contributed by atoms with Crippen LogP contribution in [-0.4, -0.2) is 18.2 Å². The highest BCUT2D eigenvalue weighted by Gasteiger charge is 2.17. The summed E-state index contributed by atoms with van der Waals surface area (Å²) in [4.78, 5) is 10.9. The van der Waals surface area contributed by atoms with Gasteiger partial charge in [0.1, 0.15) is 5.75 Å². The van der Waals surface area contributed by atoms with Crippen LogP contribution in [0.4, 0.5) is 0 Å². The maximum Gasteiger partial charge on any atom is 0.306 e. The first-order valence-electron chi connectivity index (χ1n) is 5.95. The van der Waals surface area contributed by atoms with Gasteiger partial charge in [-0.25, -0.2) is 0 Å². The van der Waals surface area contributed by atoms with Crippen molar-refractivity contribution in [1.82, 2.24) is 0 Å². The second kappa shape index (κ2) is 6.23. The highest BCUT2D eigenvalue weighted by atomic mass is 79.9. The van der Waals surface area contributed by atoms with Gasteiger partial charge in [0.2, 0.25) is 0 Å². The quantitative estimate of drug-likeness (QED) is 0.898. The first-order chi connectivity index (χ1) is 8.36. The van der Waals surface area contributed by atoms with E-state index in [0.717, 1.165) is 15.8 Å². The lowest BCUT2D eigenvalue weighted by Gasteiger charge is -2.16. The van der Waals surface area contributed by atoms with E-state index < -0.39 is 11.9 Å². The minimum Gasteiger partial charge on any atom is -0.496 e. The zero-order chi connectivity index (χ0) is 13.9. The van der Waals surface area contributed by atoms with Gasteiger partial charge in [-0.2, -0.15) is 0 Å². The number of halogens is 1. The Morgan fingerprint density at radius 1 is 1.39 bits per heavy atom. The molecule has 0 spiro atoms. The van der Waals surface area contributed by atoms with Crippen LogP contribution >= 0.6 is 15.9 Å². The Kier molecular flexibility index (Phi) is 5.20. The van der Waals surface area contributed by atoms with Crippen LogP contribution in [0, 0.1) is 5.92 Å². The second-order valence-corrected chi connectivity index (χ2v) is 5.64. The molecule has 0 aliphatic carbocycles. The van der Waals surface area contributed by atoms with Crippen molar-refractivity contribution in [1.29, 1.82) is 0 Å². The maximum atomic E-state index is 10.9. The molecule has 0 aliphatic rings. The topological polar surface area (TPSA) is 46.5 Å². The molecule has 1 atom stereocenters. The molecule has 1 rings (SSSR count). The molecular formula is C14H19BrO3.